The number of anilines is 1. The standard InChI is InChI=1S/C24H29ClF3N7O3/c1-4-5-10-38-23(37)34(3)8-9-35(15(2)22(36)32-14-24(26,27)28)19-6-7-29-21(33-19)18-13-31-20-17(18)11-16(25)12-30-20/h6-7,11-13,15H,4-5,8-10,14H2,1-3H3,(H,30,31)(H,32,36)/t15-/m0/s1. The molecule has 0 fully saturated rings. The molecule has 0 saturated heterocycles. The Kier molecular flexibility index (Phi) is 9.72. The number of pyridine rings is 1. The van der Waals surface area contributed by atoms with Gasteiger partial charge in [-0.25, -0.2) is 19.7 Å². The van der Waals surface area contributed by atoms with Gasteiger partial charge in [0, 0.05) is 49.7 Å². The van der Waals surface area contributed by atoms with E-state index >= 15 is 0 Å². The third-order valence-electron chi connectivity index (χ3n) is 5.70. The number of aromatic nitrogens is 4. The van der Waals surface area contributed by atoms with E-state index in [1.54, 1.807) is 12.3 Å². The maximum atomic E-state index is 12.7. The fourth-order valence-corrected chi connectivity index (χ4v) is 3.71. The van der Waals surface area contributed by atoms with E-state index in [4.69, 9.17) is 16.3 Å². The fraction of sp³-hybridized carbons (Fsp3) is 0.458. The number of amides is 2. The van der Waals surface area contributed by atoms with Crippen LogP contribution in [-0.2, 0) is 9.53 Å². The summed E-state index contributed by atoms with van der Waals surface area (Å²) in [6.45, 7) is 2.44. The van der Waals surface area contributed by atoms with Crippen LogP contribution in [0.5, 0.6) is 0 Å². The number of hydrogen-bond donors (Lipinski definition) is 2. The Morgan fingerprint density at radius 3 is 2.74 bits per heavy atom. The van der Waals surface area contributed by atoms with Gasteiger partial charge in [0.05, 0.1) is 11.6 Å². The molecular formula is C24H29ClF3N7O3. The van der Waals surface area contributed by atoms with Gasteiger partial charge in [0.25, 0.3) is 0 Å². The first-order chi connectivity index (χ1) is 18.0. The second-order valence-corrected chi connectivity index (χ2v) is 9.02. The summed E-state index contributed by atoms with van der Waals surface area (Å²) in [6, 6.07) is 2.19. The number of carbonyl (C=O) groups is 2. The lowest BCUT2D eigenvalue weighted by atomic mass is 10.2. The number of nitrogens with zero attached hydrogens (tertiary/aromatic N) is 5. The molecule has 10 nitrogen and oxygen atoms in total. The zero-order chi connectivity index (χ0) is 27.9. The first-order valence-electron chi connectivity index (χ1n) is 11.9. The van der Waals surface area contributed by atoms with E-state index < -0.39 is 30.8 Å². The van der Waals surface area contributed by atoms with Gasteiger partial charge in [0.15, 0.2) is 5.82 Å². The monoisotopic (exact) mass is 555 g/mol. The number of carbonyl (C=O) groups excluding carboxylic acids is 2. The average Bonchev–Trinajstić information content (AvgIpc) is 3.30. The van der Waals surface area contributed by atoms with Crippen LogP contribution in [0.4, 0.5) is 23.8 Å². The summed E-state index contributed by atoms with van der Waals surface area (Å²) in [7, 11) is 1.54. The number of fused-ring (bicyclic) bond motifs is 1. The van der Waals surface area contributed by atoms with Crippen LogP contribution in [0.15, 0.2) is 30.7 Å². The van der Waals surface area contributed by atoms with Gasteiger partial charge in [0.1, 0.15) is 24.1 Å². The van der Waals surface area contributed by atoms with E-state index in [0.717, 1.165) is 12.8 Å². The summed E-state index contributed by atoms with van der Waals surface area (Å²) in [6.07, 6.45) is 1.12. The van der Waals surface area contributed by atoms with Crippen molar-refractivity contribution in [1.82, 2.24) is 30.2 Å². The number of rotatable bonds is 11. The lowest BCUT2D eigenvalue weighted by Crippen LogP contribution is -2.50. The van der Waals surface area contributed by atoms with E-state index in [2.05, 4.69) is 19.9 Å². The molecule has 0 aromatic carbocycles. The number of alkyl halides is 3. The Morgan fingerprint density at radius 1 is 1.26 bits per heavy atom. The topological polar surface area (TPSA) is 116 Å². The lowest BCUT2D eigenvalue weighted by molar-refractivity contribution is -0.139. The van der Waals surface area contributed by atoms with Crippen molar-refractivity contribution in [2.45, 2.75) is 38.9 Å². The largest absolute Gasteiger partial charge is 0.449 e. The van der Waals surface area contributed by atoms with Crippen LogP contribution in [0, 0.1) is 0 Å². The molecule has 0 unspecified atom stereocenters. The minimum Gasteiger partial charge on any atom is -0.449 e. The van der Waals surface area contributed by atoms with Crippen molar-refractivity contribution in [2.24, 2.45) is 0 Å². The number of likely N-dealkylation sites (N-methyl/N-ethyl adjacent to an activating group) is 1. The highest BCUT2D eigenvalue weighted by Gasteiger charge is 2.31. The van der Waals surface area contributed by atoms with E-state index in [1.165, 1.54) is 42.2 Å². The van der Waals surface area contributed by atoms with Gasteiger partial charge in [-0.05, 0) is 25.5 Å². The van der Waals surface area contributed by atoms with E-state index in [-0.39, 0.29) is 31.3 Å². The van der Waals surface area contributed by atoms with Crippen LogP contribution in [0.2, 0.25) is 5.02 Å². The predicted molar refractivity (Wildman–Crippen MR) is 137 cm³/mol. The molecule has 206 valence electrons. The molecule has 0 aliphatic heterocycles. The lowest BCUT2D eigenvalue weighted by Gasteiger charge is -2.31. The quantitative estimate of drug-likeness (QED) is 0.336. The number of nitrogens with one attached hydrogen (secondary N) is 2. The van der Waals surface area contributed by atoms with Crippen molar-refractivity contribution >= 4 is 40.5 Å². The summed E-state index contributed by atoms with van der Waals surface area (Å²) in [5, 5.41) is 3.00. The van der Waals surface area contributed by atoms with E-state index in [9.17, 15) is 22.8 Å². The zero-order valence-electron chi connectivity index (χ0n) is 21.2. The number of H-pyrrole nitrogens is 1. The third-order valence-corrected chi connectivity index (χ3v) is 5.90. The van der Waals surface area contributed by atoms with Gasteiger partial charge in [-0.3, -0.25) is 4.79 Å². The van der Waals surface area contributed by atoms with E-state index in [1.807, 2.05) is 12.2 Å². The van der Waals surface area contributed by atoms with Crippen LogP contribution in [-0.4, -0.2) is 82.3 Å². The molecule has 38 heavy (non-hydrogen) atoms. The maximum absolute atomic E-state index is 12.7. The second kappa shape index (κ2) is 12.8. The molecule has 2 N–H and O–H groups in total. The normalized spacial score (nSPS) is 12.3. The summed E-state index contributed by atoms with van der Waals surface area (Å²) >= 11 is 6.10. The Balaban J connectivity index is 1.87. The maximum Gasteiger partial charge on any atom is 0.409 e. The molecule has 0 bridgehead atoms. The summed E-state index contributed by atoms with van der Waals surface area (Å²) in [5.41, 5.74) is 1.17. The minimum absolute atomic E-state index is 0.0811. The molecule has 0 aliphatic carbocycles. The fourth-order valence-electron chi connectivity index (χ4n) is 3.55. The molecule has 0 aliphatic rings. The molecule has 3 heterocycles. The SMILES string of the molecule is CCCCOC(=O)N(C)CCN(c1ccnc(-c2c[nH]c3ncc(Cl)cc23)n1)[C@@H](C)C(=O)NCC(F)(F)F. The summed E-state index contributed by atoms with van der Waals surface area (Å²) in [5.74, 6) is -0.279. The van der Waals surface area contributed by atoms with Crippen LogP contribution >= 0.6 is 11.6 Å². The first-order valence-corrected chi connectivity index (χ1v) is 12.3. The Morgan fingerprint density at radius 2 is 2.03 bits per heavy atom. The van der Waals surface area contributed by atoms with Crippen molar-refractivity contribution in [3.8, 4) is 11.4 Å². The van der Waals surface area contributed by atoms with Crippen molar-refractivity contribution in [3.05, 3.63) is 35.7 Å². The van der Waals surface area contributed by atoms with Crippen molar-refractivity contribution in [1.29, 1.82) is 0 Å². The Hall–Kier alpha value is -3.61. The highest BCUT2D eigenvalue weighted by atomic mass is 35.5. The molecule has 2 amide bonds. The number of halogens is 4. The highest BCUT2D eigenvalue weighted by molar-refractivity contribution is 6.31. The Labute approximate surface area is 222 Å². The molecule has 3 aromatic heterocycles. The second-order valence-electron chi connectivity index (χ2n) is 8.58. The molecule has 0 spiro atoms. The van der Waals surface area contributed by atoms with Crippen LogP contribution < -0.4 is 10.2 Å². The predicted octanol–water partition coefficient (Wildman–Crippen LogP) is 4.42. The van der Waals surface area contributed by atoms with Gasteiger partial charge in [-0.2, -0.15) is 13.2 Å². The Bertz CT molecular complexity index is 1250. The van der Waals surface area contributed by atoms with Gasteiger partial charge in [-0.15, -0.1) is 0 Å². The molecule has 0 saturated carbocycles. The van der Waals surface area contributed by atoms with E-state index in [0.29, 0.717) is 21.6 Å². The van der Waals surface area contributed by atoms with Gasteiger partial charge >= 0.3 is 12.3 Å². The average molecular weight is 556 g/mol. The van der Waals surface area contributed by atoms with Gasteiger partial charge in [0.2, 0.25) is 5.91 Å². The molecule has 3 rings (SSSR count). The van der Waals surface area contributed by atoms with Crippen molar-refractivity contribution in [2.75, 3.05) is 38.2 Å². The van der Waals surface area contributed by atoms with Gasteiger partial charge in [-0.1, -0.05) is 24.9 Å². The molecule has 3 aromatic rings. The highest BCUT2D eigenvalue weighted by Crippen LogP contribution is 2.28. The third kappa shape index (κ3) is 7.70. The van der Waals surface area contributed by atoms with Crippen molar-refractivity contribution in [3.63, 3.8) is 0 Å². The van der Waals surface area contributed by atoms with Gasteiger partial charge < -0.3 is 24.8 Å². The van der Waals surface area contributed by atoms with Crippen molar-refractivity contribution < 1.29 is 27.5 Å². The molecule has 0 radical (unpaired) electrons. The van der Waals surface area contributed by atoms with Crippen LogP contribution in [0.3, 0.4) is 0 Å². The van der Waals surface area contributed by atoms with Crippen LogP contribution in [0.1, 0.15) is 26.7 Å². The molecule has 14 heteroatoms. The number of unbranched alkanes of at least 4 members (excludes halogenated alkanes) is 1. The zero-order valence-corrected chi connectivity index (χ0v) is 21.9. The minimum atomic E-state index is -4.56. The molecular weight excluding hydrogens is 527 g/mol. The number of aromatic amines is 1. The number of hydrogen-bond acceptors (Lipinski definition) is 7. The summed E-state index contributed by atoms with van der Waals surface area (Å²) < 4.78 is 43.3. The van der Waals surface area contributed by atoms with Crippen LogP contribution in [0.25, 0.3) is 22.4 Å². The molecule has 1 atom stereocenters. The first kappa shape index (κ1) is 29.0. The summed E-state index contributed by atoms with van der Waals surface area (Å²) in [4.78, 5) is 43.9. The number of ether oxygens (including phenoxy) is 1. The smallest absolute Gasteiger partial charge is 0.409 e.